The monoisotopic (exact) mass is 260 g/mol. The molecule has 1 aromatic carbocycles. The van der Waals surface area contributed by atoms with Crippen LogP contribution in [0.5, 0.6) is 0 Å². The highest BCUT2D eigenvalue weighted by Gasteiger charge is 2.12. The third-order valence-corrected chi connectivity index (χ3v) is 2.65. The second-order valence-electron chi connectivity index (χ2n) is 4.33. The molecule has 6 heteroatoms. The van der Waals surface area contributed by atoms with E-state index in [9.17, 15) is 9.90 Å². The molecule has 1 atom stereocenters. The lowest BCUT2D eigenvalue weighted by Gasteiger charge is -2.11. The second kappa shape index (κ2) is 6.10. The number of carbonyl (C=O) groups is 1. The highest BCUT2D eigenvalue weighted by atomic mass is 16.3. The van der Waals surface area contributed by atoms with E-state index in [4.69, 9.17) is 0 Å². The van der Waals surface area contributed by atoms with Crippen molar-refractivity contribution in [1.82, 2.24) is 20.3 Å². The number of hydrogen-bond donors (Lipinski definition) is 2. The molecule has 0 saturated carbocycles. The van der Waals surface area contributed by atoms with Gasteiger partial charge >= 0.3 is 0 Å². The predicted molar refractivity (Wildman–Crippen MR) is 69.5 cm³/mol. The summed E-state index contributed by atoms with van der Waals surface area (Å²) in [5.41, 5.74) is 1.28. The van der Waals surface area contributed by atoms with Crippen molar-refractivity contribution >= 4 is 5.91 Å². The summed E-state index contributed by atoms with van der Waals surface area (Å²) in [5.74, 6) is -0.333. The van der Waals surface area contributed by atoms with E-state index in [1.807, 2.05) is 30.3 Å². The Balaban J connectivity index is 1.80. The van der Waals surface area contributed by atoms with Gasteiger partial charge in [0.2, 0.25) is 0 Å². The summed E-state index contributed by atoms with van der Waals surface area (Å²) in [7, 11) is 1.69. The number of aliphatic hydroxyl groups excluding tert-OH is 1. The largest absolute Gasteiger partial charge is 0.391 e. The molecule has 2 N–H and O–H groups in total. The van der Waals surface area contributed by atoms with Gasteiger partial charge in [0.05, 0.1) is 12.3 Å². The van der Waals surface area contributed by atoms with Crippen LogP contribution >= 0.6 is 0 Å². The van der Waals surface area contributed by atoms with Gasteiger partial charge in [-0.25, -0.2) is 0 Å². The molecule has 2 rings (SSSR count). The van der Waals surface area contributed by atoms with Crippen LogP contribution in [0.15, 0.2) is 36.5 Å². The number of nitrogens with one attached hydrogen (secondary N) is 1. The van der Waals surface area contributed by atoms with Crippen molar-refractivity contribution in [3.63, 3.8) is 0 Å². The van der Waals surface area contributed by atoms with E-state index in [-0.39, 0.29) is 18.1 Å². The van der Waals surface area contributed by atoms with E-state index in [1.54, 1.807) is 7.05 Å². The first-order chi connectivity index (χ1) is 9.15. The molecule has 19 heavy (non-hydrogen) atoms. The Hall–Kier alpha value is -2.21. The highest BCUT2D eigenvalue weighted by molar-refractivity contribution is 5.91. The molecule has 100 valence electrons. The van der Waals surface area contributed by atoms with Gasteiger partial charge in [0.15, 0.2) is 5.69 Å². The zero-order valence-electron chi connectivity index (χ0n) is 10.7. The van der Waals surface area contributed by atoms with Gasteiger partial charge in [0, 0.05) is 20.0 Å². The zero-order chi connectivity index (χ0) is 13.7. The molecule has 1 heterocycles. The average Bonchev–Trinajstić information content (AvgIpc) is 2.84. The van der Waals surface area contributed by atoms with Crippen molar-refractivity contribution in [2.24, 2.45) is 7.05 Å². The minimum atomic E-state index is -0.622. The molecule has 0 aliphatic rings. The van der Waals surface area contributed by atoms with Crippen molar-refractivity contribution in [3.05, 3.63) is 47.8 Å². The van der Waals surface area contributed by atoms with E-state index < -0.39 is 6.10 Å². The smallest absolute Gasteiger partial charge is 0.273 e. The lowest BCUT2D eigenvalue weighted by molar-refractivity contribution is 0.0911. The molecule has 0 aliphatic heterocycles. The first-order valence-electron chi connectivity index (χ1n) is 6.01. The normalized spacial score (nSPS) is 12.1. The summed E-state index contributed by atoms with van der Waals surface area (Å²) in [5, 5.41) is 19.8. The summed E-state index contributed by atoms with van der Waals surface area (Å²) < 4.78 is 1.45. The molecule has 0 bridgehead atoms. The van der Waals surface area contributed by atoms with E-state index in [1.165, 1.54) is 10.9 Å². The van der Waals surface area contributed by atoms with Gasteiger partial charge in [-0.1, -0.05) is 35.5 Å². The number of aromatic nitrogens is 3. The van der Waals surface area contributed by atoms with E-state index in [0.717, 1.165) is 5.56 Å². The van der Waals surface area contributed by atoms with Gasteiger partial charge in [-0.2, -0.15) is 0 Å². The summed E-state index contributed by atoms with van der Waals surface area (Å²) in [4.78, 5) is 11.7. The zero-order valence-corrected chi connectivity index (χ0v) is 10.7. The van der Waals surface area contributed by atoms with Gasteiger partial charge in [0.25, 0.3) is 5.91 Å². The van der Waals surface area contributed by atoms with Crippen molar-refractivity contribution in [2.75, 3.05) is 6.54 Å². The van der Waals surface area contributed by atoms with Gasteiger partial charge in [-0.05, 0) is 5.56 Å². The Labute approximate surface area is 111 Å². The fraction of sp³-hybridized carbons (Fsp3) is 0.308. The molecule has 0 radical (unpaired) electrons. The van der Waals surface area contributed by atoms with Gasteiger partial charge in [-0.15, -0.1) is 5.10 Å². The van der Waals surface area contributed by atoms with Crippen molar-refractivity contribution < 1.29 is 9.90 Å². The third-order valence-electron chi connectivity index (χ3n) is 2.65. The van der Waals surface area contributed by atoms with Gasteiger partial charge in [0.1, 0.15) is 0 Å². The van der Waals surface area contributed by atoms with E-state index >= 15 is 0 Å². The van der Waals surface area contributed by atoms with E-state index in [0.29, 0.717) is 6.42 Å². The highest BCUT2D eigenvalue weighted by Crippen LogP contribution is 2.02. The Morgan fingerprint density at radius 2 is 2.16 bits per heavy atom. The van der Waals surface area contributed by atoms with Gasteiger partial charge in [-0.3, -0.25) is 9.48 Å². The van der Waals surface area contributed by atoms with Crippen LogP contribution in [0, 0.1) is 0 Å². The lowest BCUT2D eigenvalue weighted by atomic mass is 10.1. The topological polar surface area (TPSA) is 80.0 Å². The van der Waals surface area contributed by atoms with Crippen molar-refractivity contribution in [3.8, 4) is 0 Å². The molecule has 0 spiro atoms. The molecule has 0 unspecified atom stereocenters. The van der Waals surface area contributed by atoms with Crippen LogP contribution in [0.25, 0.3) is 0 Å². The van der Waals surface area contributed by atoms with Crippen LogP contribution in [0.1, 0.15) is 16.1 Å². The number of rotatable bonds is 5. The Bertz CT molecular complexity index is 539. The average molecular weight is 260 g/mol. The molecule has 0 saturated heterocycles. The van der Waals surface area contributed by atoms with Crippen LogP contribution in [-0.4, -0.2) is 38.7 Å². The minimum absolute atomic E-state index is 0.185. The SMILES string of the molecule is Cn1cc(C(=O)NC[C@@H](O)Cc2ccccc2)nn1. The number of carbonyl (C=O) groups excluding carboxylic acids is 1. The van der Waals surface area contributed by atoms with Crippen LogP contribution in [-0.2, 0) is 13.5 Å². The molecule has 1 amide bonds. The number of aliphatic hydroxyl groups is 1. The van der Waals surface area contributed by atoms with Crippen molar-refractivity contribution in [2.45, 2.75) is 12.5 Å². The first-order valence-corrected chi connectivity index (χ1v) is 6.01. The number of hydrogen-bond acceptors (Lipinski definition) is 4. The minimum Gasteiger partial charge on any atom is -0.391 e. The number of aryl methyl sites for hydroxylation is 1. The summed E-state index contributed by atoms with van der Waals surface area (Å²) >= 11 is 0. The summed E-state index contributed by atoms with van der Waals surface area (Å²) in [6.07, 6.45) is 1.41. The number of nitrogens with zero attached hydrogens (tertiary/aromatic N) is 3. The molecular formula is C13H16N4O2. The second-order valence-corrected chi connectivity index (χ2v) is 4.33. The Kier molecular flexibility index (Phi) is 4.25. The first kappa shape index (κ1) is 13.2. The molecule has 1 aromatic heterocycles. The number of amides is 1. The molecule has 2 aromatic rings. The standard InChI is InChI=1S/C13H16N4O2/c1-17-9-12(15-16-17)13(19)14-8-11(18)7-10-5-3-2-4-6-10/h2-6,9,11,18H,7-8H2,1H3,(H,14,19)/t11-/m0/s1. The number of benzene rings is 1. The maximum Gasteiger partial charge on any atom is 0.273 e. The summed E-state index contributed by atoms with van der Waals surface area (Å²) in [6, 6.07) is 9.63. The van der Waals surface area contributed by atoms with Gasteiger partial charge < -0.3 is 10.4 Å². The fourth-order valence-electron chi connectivity index (χ4n) is 1.71. The lowest BCUT2D eigenvalue weighted by Crippen LogP contribution is -2.33. The van der Waals surface area contributed by atoms with Crippen LogP contribution in [0.2, 0.25) is 0 Å². The van der Waals surface area contributed by atoms with Crippen LogP contribution in [0.3, 0.4) is 0 Å². The van der Waals surface area contributed by atoms with E-state index in [2.05, 4.69) is 15.6 Å². The molecule has 0 aliphatic carbocycles. The van der Waals surface area contributed by atoms with Crippen LogP contribution < -0.4 is 5.32 Å². The Morgan fingerprint density at radius 3 is 2.79 bits per heavy atom. The predicted octanol–water partition coefficient (Wildman–Crippen LogP) is 0.148. The van der Waals surface area contributed by atoms with Crippen molar-refractivity contribution in [1.29, 1.82) is 0 Å². The molecule has 0 fully saturated rings. The Morgan fingerprint density at radius 1 is 1.42 bits per heavy atom. The maximum atomic E-state index is 11.7. The fourth-order valence-corrected chi connectivity index (χ4v) is 1.71. The molecule has 6 nitrogen and oxygen atoms in total. The maximum absolute atomic E-state index is 11.7. The summed E-state index contributed by atoms with van der Waals surface area (Å²) in [6.45, 7) is 0.185. The quantitative estimate of drug-likeness (QED) is 0.802. The van der Waals surface area contributed by atoms with Crippen LogP contribution in [0.4, 0.5) is 0 Å². The third kappa shape index (κ3) is 3.89. The molecular weight excluding hydrogens is 244 g/mol.